The average molecular weight is 641 g/mol. The molecule has 1 aliphatic heterocycles. The summed E-state index contributed by atoms with van der Waals surface area (Å²) in [6.07, 6.45) is 3.60. The van der Waals surface area contributed by atoms with Gasteiger partial charge >= 0.3 is 0 Å². The molecule has 2 amide bonds. The first-order valence-electron chi connectivity index (χ1n) is 15.8. The molecule has 1 saturated heterocycles. The number of nitrogens with one attached hydrogen (secondary N) is 2. The highest BCUT2D eigenvalue weighted by Crippen LogP contribution is 2.33. The number of amides is 2. The van der Waals surface area contributed by atoms with E-state index in [1.807, 2.05) is 24.3 Å². The smallest absolute Gasteiger partial charge is 0.257 e. The van der Waals surface area contributed by atoms with E-state index in [1.54, 1.807) is 30.3 Å². The molecule has 11 heteroatoms. The quantitative estimate of drug-likeness (QED) is 0.191. The molecule has 0 radical (unpaired) electrons. The summed E-state index contributed by atoms with van der Waals surface area (Å²) in [4.78, 5) is 32.3. The van der Waals surface area contributed by atoms with Crippen molar-refractivity contribution in [3.05, 3.63) is 102 Å². The topological polar surface area (TPSA) is 133 Å². The summed E-state index contributed by atoms with van der Waals surface area (Å²) >= 11 is 0. The number of hydrogen-bond acceptors (Lipinski definition) is 8. The number of pyridine rings is 1. The van der Waals surface area contributed by atoms with E-state index in [0.29, 0.717) is 56.8 Å². The fraction of sp³-hybridized carbons (Fsp3) is 0.306. The number of rotatable bonds is 9. The van der Waals surface area contributed by atoms with Crippen LogP contribution in [-0.4, -0.2) is 70.3 Å². The monoisotopic (exact) mass is 640 g/mol. The number of phenols is 2. The van der Waals surface area contributed by atoms with Crippen LogP contribution in [0, 0.1) is 5.82 Å². The van der Waals surface area contributed by atoms with Crippen LogP contribution in [0.15, 0.2) is 79.0 Å². The minimum Gasteiger partial charge on any atom is -0.508 e. The number of aromatic hydroxyl groups is 2. The van der Waals surface area contributed by atoms with Gasteiger partial charge in [0.05, 0.1) is 19.4 Å². The van der Waals surface area contributed by atoms with Crippen molar-refractivity contribution < 1.29 is 33.7 Å². The van der Waals surface area contributed by atoms with Crippen molar-refractivity contribution in [3.63, 3.8) is 0 Å². The molecule has 0 bridgehead atoms. The van der Waals surface area contributed by atoms with Crippen LogP contribution in [0.4, 0.5) is 4.39 Å². The molecule has 2 fully saturated rings. The van der Waals surface area contributed by atoms with E-state index >= 15 is 0 Å². The third-order valence-corrected chi connectivity index (χ3v) is 8.54. The summed E-state index contributed by atoms with van der Waals surface area (Å²) < 4.78 is 25.9. The minimum absolute atomic E-state index is 0.0178. The Balaban J connectivity index is 1.11. The van der Waals surface area contributed by atoms with Gasteiger partial charge < -0.3 is 30.3 Å². The van der Waals surface area contributed by atoms with E-state index in [9.17, 15) is 24.2 Å². The van der Waals surface area contributed by atoms with Gasteiger partial charge in [-0.1, -0.05) is 18.2 Å². The normalized spacial score (nSPS) is 18.3. The highest BCUT2D eigenvalue weighted by molar-refractivity contribution is 5.96. The highest BCUT2D eigenvalue weighted by atomic mass is 19.1. The van der Waals surface area contributed by atoms with E-state index < -0.39 is 11.7 Å². The maximum absolute atomic E-state index is 14.3. The standard InChI is InChI=1S/C36H37FN4O6/c37-26-20-33(35(45)40-28-8-6-27(7-9-28)39-34(44)23-4-10-29(42)11-5-23)36(38-21-26)47-31-3-1-2-24(19-31)32-13-12-30(43)18-25(32)22-41-14-16-46-17-15-41/h1-5,10-13,18-21,27-28,42-43H,6-9,14-17,22H2,(H,39,44)(H,40,45)/t27-,28-. The number of hydrogen-bond donors (Lipinski definition) is 4. The van der Waals surface area contributed by atoms with Crippen LogP contribution in [0.2, 0.25) is 0 Å². The lowest BCUT2D eigenvalue weighted by Gasteiger charge is -2.29. The Morgan fingerprint density at radius 2 is 1.55 bits per heavy atom. The number of carbonyl (C=O) groups is 2. The molecule has 2 heterocycles. The number of phenolic OH excluding ortho intramolecular Hbond substituents is 2. The van der Waals surface area contributed by atoms with E-state index in [4.69, 9.17) is 9.47 Å². The van der Waals surface area contributed by atoms with Gasteiger partial charge in [0.25, 0.3) is 11.8 Å². The summed E-state index contributed by atoms with van der Waals surface area (Å²) in [6.45, 7) is 3.59. The highest BCUT2D eigenvalue weighted by Gasteiger charge is 2.26. The number of carbonyl (C=O) groups excluding carboxylic acids is 2. The van der Waals surface area contributed by atoms with E-state index in [0.717, 1.165) is 42.0 Å². The lowest BCUT2D eigenvalue weighted by molar-refractivity contribution is 0.0342. The molecule has 10 nitrogen and oxygen atoms in total. The van der Waals surface area contributed by atoms with Gasteiger partial charge in [-0.2, -0.15) is 0 Å². The number of ether oxygens (including phenoxy) is 2. The van der Waals surface area contributed by atoms with Crippen LogP contribution in [-0.2, 0) is 11.3 Å². The van der Waals surface area contributed by atoms with Crippen LogP contribution in [0.25, 0.3) is 11.1 Å². The van der Waals surface area contributed by atoms with Crippen molar-refractivity contribution in [2.45, 2.75) is 44.3 Å². The molecule has 2 aliphatic rings. The number of nitrogens with zero attached hydrogens (tertiary/aromatic N) is 2. The number of benzene rings is 3. The molecule has 0 atom stereocenters. The van der Waals surface area contributed by atoms with Gasteiger partial charge in [-0.05, 0) is 97.0 Å². The zero-order valence-corrected chi connectivity index (χ0v) is 25.8. The predicted molar refractivity (Wildman–Crippen MR) is 173 cm³/mol. The lowest BCUT2D eigenvalue weighted by atomic mass is 9.90. The van der Waals surface area contributed by atoms with Gasteiger partial charge in [-0.15, -0.1) is 0 Å². The van der Waals surface area contributed by atoms with Crippen LogP contribution < -0.4 is 15.4 Å². The molecule has 4 aromatic rings. The molecule has 1 aromatic heterocycles. The second kappa shape index (κ2) is 14.6. The maximum Gasteiger partial charge on any atom is 0.257 e. The molecule has 3 aromatic carbocycles. The molecule has 1 saturated carbocycles. The van der Waals surface area contributed by atoms with E-state index in [-0.39, 0.29) is 40.9 Å². The van der Waals surface area contributed by atoms with Gasteiger partial charge in [-0.25, -0.2) is 9.37 Å². The van der Waals surface area contributed by atoms with Crippen molar-refractivity contribution in [2.24, 2.45) is 0 Å². The zero-order chi connectivity index (χ0) is 32.8. The first-order valence-corrected chi connectivity index (χ1v) is 15.8. The first-order chi connectivity index (χ1) is 22.8. The number of aromatic nitrogens is 1. The maximum atomic E-state index is 14.3. The molecule has 47 heavy (non-hydrogen) atoms. The molecule has 0 spiro atoms. The average Bonchev–Trinajstić information content (AvgIpc) is 3.07. The van der Waals surface area contributed by atoms with Crippen LogP contribution in [0.1, 0.15) is 52.0 Å². The van der Waals surface area contributed by atoms with Crippen LogP contribution in [0.3, 0.4) is 0 Å². The fourth-order valence-electron chi connectivity index (χ4n) is 6.03. The second-order valence-electron chi connectivity index (χ2n) is 11.9. The molecule has 4 N–H and O–H groups in total. The third kappa shape index (κ3) is 8.24. The van der Waals surface area contributed by atoms with Gasteiger partial charge in [0, 0.05) is 37.3 Å². The summed E-state index contributed by atoms with van der Waals surface area (Å²) in [5, 5.41) is 25.7. The van der Waals surface area contributed by atoms with E-state index in [2.05, 4.69) is 20.5 Å². The Kier molecular flexibility index (Phi) is 9.94. The predicted octanol–water partition coefficient (Wildman–Crippen LogP) is 5.39. The number of halogens is 1. The summed E-state index contributed by atoms with van der Waals surface area (Å²) in [5.74, 6) is -0.687. The Bertz CT molecular complexity index is 1720. The molecule has 1 aliphatic carbocycles. The van der Waals surface area contributed by atoms with Gasteiger partial charge in [0.2, 0.25) is 5.88 Å². The zero-order valence-electron chi connectivity index (χ0n) is 25.8. The number of morpholine rings is 1. The first kappa shape index (κ1) is 32.0. The Hall–Kier alpha value is -5.00. The van der Waals surface area contributed by atoms with Gasteiger partial charge in [0.1, 0.15) is 28.6 Å². The minimum atomic E-state index is -0.659. The molecular formula is C36H37FN4O6. The van der Waals surface area contributed by atoms with Crippen LogP contribution in [0.5, 0.6) is 23.1 Å². The largest absolute Gasteiger partial charge is 0.508 e. The van der Waals surface area contributed by atoms with Crippen molar-refractivity contribution >= 4 is 11.8 Å². The molecule has 244 valence electrons. The Morgan fingerprint density at radius 3 is 2.28 bits per heavy atom. The van der Waals surface area contributed by atoms with Crippen LogP contribution >= 0.6 is 0 Å². The second-order valence-corrected chi connectivity index (χ2v) is 11.9. The Labute approximate surface area is 272 Å². The van der Waals surface area contributed by atoms with Crippen molar-refractivity contribution in [2.75, 3.05) is 26.3 Å². The molecule has 0 unspecified atom stereocenters. The third-order valence-electron chi connectivity index (χ3n) is 8.54. The lowest BCUT2D eigenvalue weighted by Crippen LogP contribution is -2.43. The Morgan fingerprint density at radius 1 is 0.872 bits per heavy atom. The molecule has 6 rings (SSSR count). The summed E-state index contributed by atoms with van der Waals surface area (Å²) in [7, 11) is 0. The molecular weight excluding hydrogens is 603 g/mol. The van der Waals surface area contributed by atoms with E-state index in [1.165, 1.54) is 12.1 Å². The van der Waals surface area contributed by atoms with Crippen molar-refractivity contribution in [3.8, 4) is 34.3 Å². The van der Waals surface area contributed by atoms with Gasteiger partial charge in [0.15, 0.2) is 0 Å². The summed E-state index contributed by atoms with van der Waals surface area (Å²) in [6, 6.07) is 19.6. The van der Waals surface area contributed by atoms with Crippen molar-refractivity contribution in [1.82, 2.24) is 20.5 Å². The SMILES string of the molecule is O=C(N[C@H]1CC[C@H](NC(=O)c2cc(F)cnc2Oc2cccc(-c3ccc(O)cc3CN3CCOCC3)c2)CC1)c1ccc(O)cc1. The fourth-order valence-corrected chi connectivity index (χ4v) is 6.03. The van der Waals surface area contributed by atoms with Gasteiger partial charge in [-0.3, -0.25) is 14.5 Å². The summed E-state index contributed by atoms with van der Waals surface area (Å²) in [5.41, 5.74) is 3.19. The van der Waals surface area contributed by atoms with Crippen molar-refractivity contribution in [1.29, 1.82) is 0 Å².